The van der Waals surface area contributed by atoms with E-state index in [1.807, 2.05) is 6.08 Å². The minimum absolute atomic E-state index is 0.219. The van der Waals surface area contributed by atoms with Crippen molar-refractivity contribution in [2.45, 2.75) is 44.0 Å². The molecule has 2 heteroatoms. The van der Waals surface area contributed by atoms with Gasteiger partial charge >= 0.3 is 0 Å². The highest BCUT2D eigenvalue weighted by molar-refractivity contribution is 4.89. The van der Waals surface area contributed by atoms with Crippen molar-refractivity contribution in [3.8, 4) is 0 Å². The lowest BCUT2D eigenvalue weighted by atomic mass is 9.99. The monoisotopic (exact) mass is 168 g/mol. The molecule has 0 bridgehead atoms. The molecule has 0 aromatic heterocycles. The molecule has 2 nitrogen and oxygen atoms in total. The summed E-state index contributed by atoms with van der Waals surface area (Å²) in [7, 11) is 0. The maximum absolute atomic E-state index is 5.84. The van der Waals surface area contributed by atoms with E-state index in [2.05, 4.69) is 6.58 Å². The Hall–Kier alpha value is -0.340. The lowest BCUT2D eigenvalue weighted by Crippen LogP contribution is -2.39. The van der Waals surface area contributed by atoms with Crippen LogP contribution in [0.15, 0.2) is 12.7 Å². The second-order valence-corrected chi connectivity index (χ2v) is 3.65. The molecule has 2 fully saturated rings. The van der Waals surface area contributed by atoms with Crippen molar-refractivity contribution in [2.75, 3.05) is 6.61 Å². The van der Waals surface area contributed by atoms with Crippen LogP contribution >= 0.6 is 0 Å². The van der Waals surface area contributed by atoms with Crippen molar-refractivity contribution in [1.82, 2.24) is 0 Å². The summed E-state index contributed by atoms with van der Waals surface area (Å²) in [5.41, 5.74) is 0. The van der Waals surface area contributed by atoms with E-state index in [0.717, 1.165) is 32.3 Å². The summed E-state index contributed by atoms with van der Waals surface area (Å²) in [5, 5.41) is 0. The number of ether oxygens (including phenoxy) is 2. The standard InChI is InChI=1S/C10H16O2/c1-2-9-5-3-6-10(12-9)7-4-8-11-10/h2,9H,1,3-8H2/t9-,10-/m0/s1. The maximum Gasteiger partial charge on any atom is 0.169 e. The van der Waals surface area contributed by atoms with Crippen molar-refractivity contribution in [2.24, 2.45) is 0 Å². The van der Waals surface area contributed by atoms with Crippen LogP contribution < -0.4 is 0 Å². The fourth-order valence-electron chi connectivity index (χ4n) is 2.09. The predicted octanol–water partition coefficient (Wildman–Crippen LogP) is 2.25. The molecule has 2 atom stereocenters. The van der Waals surface area contributed by atoms with Gasteiger partial charge in [0.2, 0.25) is 0 Å². The highest BCUT2D eigenvalue weighted by atomic mass is 16.7. The van der Waals surface area contributed by atoms with Crippen LogP contribution in [0.4, 0.5) is 0 Å². The Kier molecular flexibility index (Phi) is 2.20. The van der Waals surface area contributed by atoms with Gasteiger partial charge in [0.05, 0.1) is 12.7 Å². The van der Waals surface area contributed by atoms with Gasteiger partial charge in [0.1, 0.15) is 0 Å². The van der Waals surface area contributed by atoms with Gasteiger partial charge in [0.25, 0.3) is 0 Å². The van der Waals surface area contributed by atoms with Crippen LogP contribution in [0.25, 0.3) is 0 Å². The Morgan fingerprint density at radius 2 is 2.17 bits per heavy atom. The molecule has 0 radical (unpaired) electrons. The van der Waals surface area contributed by atoms with Gasteiger partial charge in [0, 0.05) is 12.8 Å². The first-order valence-corrected chi connectivity index (χ1v) is 4.79. The van der Waals surface area contributed by atoms with E-state index in [1.54, 1.807) is 0 Å². The van der Waals surface area contributed by atoms with Gasteiger partial charge in [-0.15, -0.1) is 6.58 Å². The smallest absolute Gasteiger partial charge is 0.169 e. The van der Waals surface area contributed by atoms with Gasteiger partial charge in [-0.1, -0.05) is 6.08 Å². The Morgan fingerprint density at radius 1 is 1.33 bits per heavy atom. The summed E-state index contributed by atoms with van der Waals surface area (Å²) in [5.74, 6) is -0.225. The molecule has 0 aromatic rings. The highest BCUT2D eigenvalue weighted by Crippen LogP contribution is 2.37. The van der Waals surface area contributed by atoms with Gasteiger partial charge in [-0.05, 0) is 19.3 Å². The first-order chi connectivity index (χ1) is 5.85. The molecule has 0 aliphatic carbocycles. The Balaban J connectivity index is 2.01. The van der Waals surface area contributed by atoms with E-state index >= 15 is 0 Å². The normalized spacial score (nSPS) is 41.8. The van der Waals surface area contributed by atoms with Crippen LogP contribution in [-0.4, -0.2) is 18.5 Å². The molecule has 68 valence electrons. The second kappa shape index (κ2) is 3.19. The summed E-state index contributed by atoms with van der Waals surface area (Å²) >= 11 is 0. The van der Waals surface area contributed by atoms with Crippen molar-refractivity contribution >= 4 is 0 Å². The minimum atomic E-state index is -0.225. The average Bonchev–Trinajstić information content (AvgIpc) is 2.53. The average molecular weight is 168 g/mol. The van der Waals surface area contributed by atoms with Crippen molar-refractivity contribution in [3.63, 3.8) is 0 Å². The summed E-state index contributed by atoms with van der Waals surface area (Å²) in [6.07, 6.45) is 7.70. The number of rotatable bonds is 1. The lowest BCUT2D eigenvalue weighted by Gasteiger charge is -2.36. The highest BCUT2D eigenvalue weighted by Gasteiger charge is 2.40. The predicted molar refractivity (Wildman–Crippen MR) is 46.8 cm³/mol. The molecule has 0 amide bonds. The molecule has 2 aliphatic heterocycles. The first kappa shape index (κ1) is 8.27. The lowest BCUT2D eigenvalue weighted by molar-refractivity contribution is -0.247. The van der Waals surface area contributed by atoms with Crippen LogP contribution in [0.5, 0.6) is 0 Å². The minimum Gasteiger partial charge on any atom is -0.350 e. The molecule has 2 rings (SSSR count). The van der Waals surface area contributed by atoms with Crippen LogP contribution in [0.1, 0.15) is 32.1 Å². The Morgan fingerprint density at radius 3 is 2.83 bits per heavy atom. The fraction of sp³-hybridized carbons (Fsp3) is 0.800. The van der Waals surface area contributed by atoms with Crippen LogP contribution in [0.2, 0.25) is 0 Å². The van der Waals surface area contributed by atoms with Gasteiger partial charge in [0.15, 0.2) is 5.79 Å². The molecular formula is C10H16O2. The molecule has 2 aliphatic rings. The molecule has 1 spiro atoms. The quantitative estimate of drug-likeness (QED) is 0.559. The second-order valence-electron chi connectivity index (χ2n) is 3.65. The van der Waals surface area contributed by atoms with Gasteiger partial charge in [-0.2, -0.15) is 0 Å². The van der Waals surface area contributed by atoms with Gasteiger partial charge in [-0.3, -0.25) is 0 Å². The van der Waals surface area contributed by atoms with Crippen LogP contribution in [0.3, 0.4) is 0 Å². The maximum atomic E-state index is 5.84. The van der Waals surface area contributed by atoms with E-state index in [9.17, 15) is 0 Å². The van der Waals surface area contributed by atoms with E-state index in [4.69, 9.17) is 9.47 Å². The zero-order chi connectivity index (χ0) is 8.44. The summed E-state index contributed by atoms with van der Waals surface area (Å²) in [6, 6.07) is 0. The topological polar surface area (TPSA) is 18.5 Å². The third-order valence-corrected chi connectivity index (χ3v) is 2.74. The molecule has 0 N–H and O–H groups in total. The fourth-order valence-corrected chi connectivity index (χ4v) is 2.09. The van der Waals surface area contributed by atoms with Gasteiger partial charge in [-0.25, -0.2) is 0 Å². The summed E-state index contributed by atoms with van der Waals surface area (Å²) in [6.45, 7) is 4.62. The molecule has 2 saturated heterocycles. The zero-order valence-electron chi connectivity index (χ0n) is 7.42. The third-order valence-electron chi connectivity index (χ3n) is 2.74. The Bertz CT molecular complexity index is 171. The molecular weight excluding hydrogens is 152 g/mol. The molecule has 0 unspecified atom stereocenters. The van der Waals surface area contributed by atoms with E-state index in [-0.39, 0.29) is 11.9 Å². The zero-order valence-corrected chi connectivity index (χ0v) is 7.42. The van der Waals surface area contributed by atoms with Crippen molar-refractivity contribution < 1.29 is 9.47 Å². The molecule has 0 aromatic carbocycles. The third kappa shape index (κ3) is 1.41. The largest absolute Gasteiger partial charge is 0.350 e. The van der Waals surface area contributed by atoms with E-state index in [1.165, 1.54) is 6.42 Å². The number of hydrogen-bond acceptors (Lipinski definition) is 2. The van der Waals surface area contributed by atoms with E-state index < -0.39 is 0 Å². The Labute approximate surface area is 73.5 Å². The number of hydrogen-bond donors (Lipinski definition) is 0. The van der Waals surface area contributed by atoms with Crippen LogP contribution in [-0.2, 0) is 9.47 Å². The van der Waals surface area contributed by atoms with Crippen molar-refractivity contribution in [3.05, 3.63) is 12.7 Å². The van der Waals surface area contributed by atoms with Crippen LogP contribution in [0, 0.1) is 0 Å². The molecule has 12 heavy (non-hydrogen) atoms. The SMILES string of the molecule is C=C[C@H]1CCC[C@@]2(CCCO2)O1. The summed E-state index contributed by atoms with van der Waals surface area (Å²) < 4.78 is 11.5. The van der Waals surface area contributed by atoms with Crippen molar-refractivity contribution in [1.29, 1.82) is 0 Å². The summed E-state index contributed by atoms with van der Waals surface area (Å²) in [4.78, 5) is 0. The van der Waals surface area contributed by atoms with E-state index in [0.29, 0.717) is 0 Å². The molecule has 2 heterocycles. The molecule has 0 saturated carbocycles. The first-order valence-electron chi connectivity index (χ1n) is 4.79. The van der Waals surface area contributed by atoms with Gasteiger partial charge < -0.3 is 9.47 Å².